The molecule has 0 bridgehead atoms. The first kappa shape index (κ1) is 23.0. The molecule has 0 saturated carbocycles. The maximum Gasteiger partial charge on any atom is 0.243 e. The van der Waals surface area contributed by atoms with E-state index < -0.39 is 44.0 Å². The summed E-state index contributed by atoms with van der Waals surface area (Å²) in [6.07, 6.45) is 2.21. The number of sulfonamides is 2. The Bertz CT molecular complexity index is 1090. The summed E-state index contributed by atoms with van der Waals surface area (Å²) in [7, 11) is -7.86. The van der Waals surface area contributed by atoms with Gasteiger partial charge in [-0.15, -0.1) is 0 Å². The number of nitrogens with one attached hydrogen (secondary N) is 1. The molecule has 2 aliphatic rings. The minimum absolute atomic E-state index is 0.0624. The number of carbonyl (C=O) groups is 2. The molecular weight excluding hydrogens is 454 g/mol. The van der Waals surface area contributed by atoms with Crippen LogP contribution in [0.4, 0.5) is 5.69 Å². The van der Waals surface area contributed by atoms with Crippen LogP contribution in [0.3, 0.4) is 0 Å². The standard InChI is InChI=1S/C18H24ClN3O6S2/c1-4-5-13-17-16(22(18(13)24)29(3,25)26)8-9-21(17)30(27,28)12-6-7-15(14(19)10-12)20-11(2)23/h6-7,10,13,16-17H,4-5,8-9H2,1-3H3,(H,20,23)/t13-,16+,17-/m1/s1. The van der Waals surface area contributed by atoms with Crippen molar-refractivity contribution < 1.29 is 26.4 Å². The largest absolute Gasteiger partial charge is 0.325 e. The van der Waals surface area contributed by atoms with Gasteiger partial charge < -0.3 is 5.32 Å². The lowest BCUT2D eigenvalue weighted by Gasteiger charge is -2.27. The molecule has 2 heterocycles. The number of hydrogen-bond donors (Lipinski definition) is 1. The molecule has 12 heteroatoms. The summed E-state index contributed by atoms with van der Waals surface area (Å²) in [5.74, 6) is -1.61. The second-order valence-corrected chi connectivity index (χ2v) is 11.7. The van der Waals surface area contributed by atoms with Gasteiger partial charge in [0.2, 0.25) is 31.9 Å². The van der Waals surface area contributed by atoms with Gasteiger partial charge in [0.05, 0.1) is 39.9 Å². The molecule has 1 N–H and O–H groups in total. The highest BCUT2D eigenvalue weighted by Crippen LogP contribution is 2.42. The Balaban J connectivity index is 2.00. The predicted molar refractivity (Wildman–Crippen MR) is 112 cm³/mol. The minimum Gasteiger partial charge on any atom is -0.325 e. The van der Waals surface area contributed by atoms with Crippen LogP contribution in [0.1, 0.15) is 33.1 Å². The molecule has 0 radical (unpaired) electrons. The Hall–Kier alpha value is -1.69. The average molecular weight is 478 g/mol. The van der Waals surface area contributed by atoms with E-state index in [0.29, 0.717) is 12.8 Å². The molecule has 1 aromatic rings. The maximum atomic E-state index is 13.4. The fraction of sp³-hybridized carbons (Fsp3) is 0.556. The summed E-state index contributed by atoms with van der Waals surface area (Å²) in [4.78, 5) is 24.0. The molecule has 2 amide bonds. The molecule has 30 heavy (non-hydrogen) atoms. The van der Waals surface area contributed by atoms with Gasteiger partial charge in [0.25, 0.3) is 0 Å². The van der Waals surface area contributed by atoms with Crippen LogP contribution in [0.15, 0.2) is 23.1 Å². The number of halogens is 1. The molecule has 0 aromatic heterocycles. The molecule has 166 valence electrons. The molecule has 0 unspecified atom stereocenters. The summed E-state index contributed by atoms with van der Waals surface area (Å²) in [5, 5.41) is 2.58. The van der Waals surface area contributed by atoms with E-state index in [2.05, 4.69) is 5.32 Å². The van der Waals surface area contributed by atoms with Crippen LogP contribution >= 0.6 is 11.6 Å². The van der Waals surface area contributed by atoms with Crippen molar-refractivity contribution in [3.8, 4) is 0 Å². The summed E-state index contributed by atoms with van der Waals surface area (Å²) >= 11 is 6.14. The van der Waals surface area contributed by atoms with E-state index in [1.165, 1.54) is 29.4 Å². The number of hydrogen-bond acceptors (Lipinski definition) is 6. The zero-order valence-corrected chi connectivity index (χ0v) is 19.2. The Morgan fingerprint density at radius 3 is 2.47 bits per heavy atom. The normalized spacial score (nSPS) is 24.9. The Kier molecular flexibility index (Phi) is 6.21. The van der Waals surface area contributed by atoms with E-state index in [0.717, 1.165) is 10.6 Å². The fourth-order valence-electron chi connectivity index (χ4n) is 4.35. The quantitative estimate of drug-likeness (QED) is 0.664. The van der Waals surface area contributed by atoms with Gasteiger partial charge in [-0.3, -0.25) is 9.59 Å². The third-order valence-electron chi connectivity index (χ3n) is 5.43. The zero-order valence-electron chi connectivity index (χ0n) is 16.8. The van der Waals surface area contributed by atoms with Crippen molar-refractivity contribution in [2.24, 2.45) is 5.92 Å². The van der Waals surface area contributed by atoms with Gasteiger partial charge in [0, 0.05) is 13.5 Å². The van der Waals surface area contributed by atoms with Crippen molar-refractivity contribution in [3.05, 3.63) is 23.2 Å². The highest BCUT2D eigenvalue weighted by Gasteiger charge is 2.58. The van der Waals surface area contributed by atoms with Crippen molar-refractivity contribution in [2.45, 2.75) is 50.1 Å². The van der Waals surface area contributed by atoms with E-state index in [9.17, 15) is 26.4 Å². The third-order valence-corrected chi connectivity index (χ3v) is 8.81. The molecule has 9 nitrogen and oxygen atoms in total. The molecule has 3 rings (SSSR count). The summed E-state index contributed by atoms with van der Waals surface area (Å²) in [5.41, 5.74) is 0.283. The van der Waals surface area contributed by atoms with Crippen molar-refractivity contribution in [1.29, 1.82) is 0 Å². The van der Waals surface area contributed by atoms with Gasteiger partial charge in [-0.05, 0) is 31.0 Å². The molecule has 2 aliphatic heterocycles. The molecule has 0 spiro atoms. The smallest absolute Gasteiger partial charge is 0.243 e. The first-order valence-electron chi connectivity index (χ1n) is 9.51. The van der Waals surface area contributed by atoms with Gasteiger partial charge in [0.1, 0.15) is 0 Å². The van der Waals surface area contributed by atoms with Crippen molar-refractivity contribution in [1.82, 2.24) is 8.61 Å². The number of carbonyl (C=O) groups excluding carboxylic acids is 2. The molecule has 3 atom stereocenters. The second-order valence-electron chi connectivity index (χ2n) is 7.58. The van der Waals surface area contributed by atoms with Crippen LogP contribution in [0, 0.1) is 5.92 Å². The van der Waals surface area contributed by atoms with Gasteiger partial charge in [-0.1, -0.05) is 24.9 Å². The molecular formula is C18H24ClN3O6S2. The maximum absolute atomic E-state index is 13.4. The fourth-order valence-corrected chi connectivity index (χ4v) is 7.55. The average Bonchev–Trinajstić information content (AvgIpc) is 3.15. The van der Waals surface area contributed by atoms with Crippen LogP contribution < -0.4 is 5.32 Å². The van der Waals surface area contributed by atoms with Crippen LogP contribution in [0.2, 0.25) is 5.02 Å². The van der Waals surface area contributed by atoms with Crippen LogP contribution in [-0.4, -0.2) is 62.1 Å². The van der Waals surface area contributed by atoms with Gasteiger partial charge in [-0.2, -0.15) is 4.31 Å². The van der Waals surface area contributed by atoms with Crippen LogP contribution in [0.25, 0.3) is 0 Å². The van der Waals surface area contributed by atoms with Gasteiger partial charge in [-0.25, -0.2) is 21.1 Å². The van der Waals surface area contributed by atoms with Gasteiger partial charge in [0.15, 0.2) is 0 Å². The number of nitrogens with zero attached hydrogens (tertiary/aromatic N) is 2. The van der Waals surface area contributed by atoms with E-state index in [-0.39, 0.29) is 34.5 Å². The zero-order chi connectivity index (χ0) is 22.4. The lowest BCUT2D eigenvalue weighted by atomic mass is 9.95. The number of fused-ring (bicyclic) bond motifs is 1. The molecule has 0 aliphatic carbocycles. The van der Waals surface area contributed by atoms with E-state index >= 15 is 0 Å². The summed E-state index contributed by atoms with van der Waals surface area (Å²) < 4.78 is 53.3. The number of benzene rings is 1. The monoisotopic (exact) mass is 477 g/mol. The Morgan fingerprint density at radius 2 is 1.93 bits per heavy atom. The predicted octanol–water partition coefficient (Wildman–Crippen LogP) is 1.65. The third kappa shape index (κ3) is 3.95. The SMILES string of the molecule is CCC[C@H]1C(=O)N(S(C)(=O)=O)[C@H]2CCN(S(=O)(=O)c3ccc(NC(C)=O)c(Cl)c3)[C@H]12. The van der Waals surface area contributed by atoms with Crippen LogP contribution in [0.5, 0.6) is 0 Å². The van der Waals surface area contributed by atoms with Gasteiger partial charge >= 0.3 is 0 Å². The molecule has 1 aromatic carbocycles. The Morgan fingerprint density at radius 1 is 1.27 bits per heavy atom. The van der Waals surface area contributed by atoms with E-state index in [4.69, 9.17) is 11.6 Å². The lowest BCUT2D eigenvalue weighted by molar-refractivity contribution is -0.128. The van der Waals surface area contributed by atoms with E-state index in [1.807, 2.05) is 6.92 Å². The molecule has 2 saturated heterocycles. The highest BCUT2D eigenvalue weighted by atomic mass is 35.5. The van der Waals surface area contributed by atoms with Crippen molar-refractivity contribution >= 4 is 49.1 Å². The number of anilines is 1. The van der Waals surface area contributed by atoms with E-state index in [1.54, 1.807) is 0 Å². The highest BCUT2D eigenvalue weighted by molar-refractivity contribution is 7.89. The number of amides is 2. The van der Waals surface area contributed by atoms with Crippen LogP contribution in [-0.2, 0) is 29.6 Å². The first-order chi connectivity index (χ1) is 13.9. The first-order valence-corrected chi connectivity index (χ1v) is 13.2. The minimum atomic E-state index is -4.04. The lowest BCUT2D eigenvalue weighted by Crippen LogP contribution is -2.43. The van der Waals surface area contributed by atoms with Crippen molar-refractivity contribution in [2.75, 3.05) is 18.1 Å². The summed E-state index contributed by atoms with van der Waals surface area (Å²) in [6.45, 7) is 3.27. The second kappa shape index (κ2) is 8.10. The summed E-state index contributed by atoms with van der Waals surface area (Å²) in [6, 6.07) is 2.50. The van der Waals surface area contributed by atoms with Crippen molar-refractivity contribution in [3.63, 3.8) is 0 Å². The molecule has 2 fully saturated rings. The Labute approximate surface area is 181 Å². The topological polar surface area (TPSA) is 121 Å². The number of rotatable bonds is 6.